The number of aliphatic carboxylic acids is 3. The second-order valence-corrected chi connectivity index (χ2v) is 23.4. The first-order chi connectivity index (χ1) is 45.8. The zero-order valence-corrected chi connectivity index (χ0v) is 55.3. The Morgan fingerprint density at radius 2 is 0.794 bits per heavy atom. The molecule has 3 rings (SSSR count). The van der Waals surface area contributed by atoms with E-state index in [1.165, 1.54) is 55.5 Å². The first-order valence-corrected chi connectivity index (χ1v) is 31.8. The van der Waals surface area contributed by atoms with Gasteiger partial charge in [-0.05, 0) is 59.2 Å². The van der Waals surface area contributed by atoms with Gasteiger partial charge in [-0.3, -0.25) is 67.1 Å². The molecular formula is C62H85N13O20S2. The number of primary amides is 1. The summed E-state index contributed by atoms with van der Waals surface area (Å²) in [6, 6.07) is 2.88. The molecule has 0 bridgehead atoms. The van der Waals surface area contributed by atoms with Crippen molar-refractivity contribution in [1.29, 1.82) is 0 Å². The van der Waals surface area contributed by atoms with Crippen LogP contribution in [0.25, 0.3) is 0 Å². The first kappa shape index (κ1) is 81.2. The number of carbonyl (C=O) groups is 15. The Morgan fingerprint density at radius 3 is 1.22 bits per heavy atom. The standard InChI is InChI=1S/C62H85N13O20S2/c1-5-31(3)51(74-58(90)41(24-35-14-18-37(77)19-15-35)68-47(79)27-65-53(85)38(63)29-96)60(92)66-28-48(80)67-40(23-34-12-16-36(76)17-13-34)55(87)71-44(26-50(83)84)57(89)70-43(25-46(64)78)59(91)75-52(32(4)6-2)61(93)72-42(22-33-10-8-7-9-11-33)56(88)69-39(20-21-49(81)82)54(86)73-45(30-97)62(94)95/h7-19,31-32,38-45,51-52,76-77,96-97H,5-6,20-30,63H2,1-4H3,(H2,64,78)(H,65,85)(H,66,92)(H,67,80)(H,68,79)(H,69,88)(H,70,89)(H,71,87)(H,72,93)(H,73,86)(H,74,90)(H,75,91)(H,81,82)(H,83,84)(H,94,95)/t31-,32-,38-,39-,40-,41-,42-,43-,44-,45-,51-,52-/m0/s1. The fourth-order valence-electron chi connectivity index (χ4n) is 9.14. The predicted octanol–water partition coefficient (Wildman–Crippen LogP) is -3.70. The molecule has 0 aliphatic rings. The van der Waals surface area contributed by atoms with Crippen LogP contribution in [0, 0.1) is 11.8 Å². The van der Waals surface area contributed by atoms with Gasteiger partial charge in [-0.1, -0.05) is 95.1 Å². The third-order valence-corrected chi connectivity index (χ3v) is 15.8. The fourth-order valence-corrected chi connectivity index (χ4v) is 9.55. The van der Waals surface area contributed by atoms with Crippen LogP contribution in [-0.2, 0) is 91.2 Å². The molecule has 20 N–H and O–H groups in total. The summed E-state index contributed by atoms with van der Waals surface area (Å²) in [4.78, 5) is 200. The van der Waals surface area contributed by atoms with E-state index in [-0.39, 0.29) is 54.3 Å². The van der Waals surface area contributed by atoms with Crippen LogP contribution >= 0.6 is 25.3 Å². The number of rotatable bonds is 42. The largest absolute Gasteiger partial charge is 0.508 e. The Balaban J connectivity index is 1.91. The summed E-state index contributed by atoms with van der Waals surface area (Å²) in [5.41, 5.74) is 12.4. The smallest absolute Gasteiger partial charge is 0.327 e. The number of carboxylic acid groups (broad SMARTS) is 3. The topological polar surface area (TPSA) is 542 Å². The number of carboxylic acids is 3. The van der Waals surface area contributed by atoms with Gasteiger partial charge >= 0.3 is 17.9 Å². The van der Waals surface area contributed by atoms with Crippen molar-refractivity contribution < 1.29 is 97.5 Å². The van der Waals surface area contributed by atoms with E-state index in [0.29, 0.717) is 11.1 Å². The molecule has 0 unspecified atom stereocenters. The van der Waals surface area contributed by atoms with Crippen LogP contribution < -0.4 is 70.0 Å². The van der Waals surface area contributed by atoms with Crippen molar-refractivity contribution in [1.82, 2.24) is 58.5 Å². The van der Waals surface area contributed by atoms with Crippen molar-refractivity contribution in [3.8, 4) is 11.5 Å². The van der Waals surface area contributed by atoms with Gasteiger partial charge in [0, 0.05) is 37.2 Å². The summed E-state index contributed by atoms with van der Waals surface area (Å²) in [5, 5.41) is 75.0. The molecule has 0 heterocycles. The number of benzene rings is 3. The van der Waals surface area contributed by atoms with Crippen molar-refractivity contribution >= 4 is 114 Å². The summed E-state index contributed by atoms with van der Waals surface area (Å²) in [6.07, 6.45) is -3.82. The maximum Gasteiger partial charge on any atom is 0.327 e. The zero-order valence-electron chi connectivity index (χ0n) is 53.5. The van der Waals surface area contributed by atoms with E-state index in [0.717, 1.165) is 0 Å². The van der Waals surface area contributed by atoms with Crippen LogP contribution in [0.2, 0.25) is 0 Å². The minimum atomic E-state index is -2.11. The molecular weight excluding hydrogens is 1310 g/mol. The molecule has 0 saturated heterocycles. The van der Waals surface area contributed by atoms with Crippen LogP contribution in [0.1, 0.15) is 82.9 Å². The normalized spacial score (nSPS) is 14.6. The number of aromatic hydroxyl groups is 2. The number of phenols is 2. The van der Waals surface area contributed by atoms with Crippen LogP contribution in [0.4, 0.5) is 0 Å². The lowest BCUT2D eigenvalue weighted by atomic mass is 9.96. The first-order valence-electron chi connectivity index (χ1n) is 30.6. The molecule has 35 heteroatoms. The molecule has 12 amide bonds. The highest BCUT2D eigenvalue weighted by molar-refractivity contribution is 7.80. The maximum absolute atomic E-state index is 14.4. The van der Waals surface area contributed by atoms with Crippen LogP contribution in [-0.4, -0.2) is 199 Å². The lowest BCUT2D eigenvalue weighted by Gasteiger charge is -2.29. The van der Waals surface area contributed by atoms with Gasteiger partial charge < -0.3 is 95.5 Å². The SMILES string of the molecule is CC[C@H](C)[C@H](NC(=O)[C@H](Cc1ccc(O)cc1)NC(=O)CNC(=O)[C@@H](N)CS)C(=O)NCC(=O)N[C@@H](Cc1ccc(O)cc1)C(=O)N[C@@H](CC(=O)O)C(=O)N[C@@H](CC(N)=O)C(=O)N[C@H](C(=O)N[C@@H](Cc1ccccc1)C(=O)N[C@@H](CCC(=O)O)C(=O)N[C@@H](CS)C(=O)O)[C@@H](C)CC. The van der Waals surface area contributed by atoms with E-state index >= 15 is 0 Å². The Hall–Kier alpha value is -10.0. The van der Waals surface area contributed by atoms with E-state index in [4.69, 9.17) is 11.5 Å². The zero-order chi connectivity index (χ0) is 72.6. The monoisotopic (exact) mass is 1400 g/mol. The highest BCUT2D eigenvalue weighted by atomic mass is 32.1. The van der Waals surface area contributed by atoms with E-state index in [1.807, 2.05) is 0 Å². The molecule has 0 spiro atoms. The number of hydrogen-bond donors (Lipinski definition) is 20. The number of hydrogen-bond acceptors (Lipinski definition) is 20. The number of phenolic OH excluding ortho intramolecular Hbond substituents is 2. The number of carbonyl (C=O) groups excluding carboxylic acids is 12. The summed E-state index contributed by atoms with van der Waals surface area (Å²) >= 11 is 7.89. The Bertz CT molecular complexity index is 3260. The van der Waals surface area contributed by atoms with Crippen molar-refractivity contribution in [2.45, 2.75) is 146 Å². The second-order valence-electron chi connectivity index (χ2n) is 22.7. The number of amides is 12. The Labute approximate surface area is 568 Å². The van der Waals surface area contributed by atoms with Crippen molar-refractivity contribution in [2.24, 2.45) is 23.3 Å². The minimum absolute atomic E-state index is 0.0304. The summed E-state index contributed by atoms with van der Waals surface area (Å²) in [6.45, 7) is 4.96. The van der Waals surface area contributed by atoms with Gasteiger partial charge in [0.05, 0.1) is 32.0 Å². The van der Waals surface area contributed by atoms with Gasteiger partial charge in [0.25, 0.3) is 0 Å². The molecule has 33 nitrogen and oxygen atoms in total. The summed E-state index contributed by atoms with van der Waals surface area (Å²) < 4.78 is 0. The molecule has 3 aromatic carbocycles. The molecule has 530 valence electrons. The molecule has 0 aliphatic carbocycles. The maximum atomic E-state index is 14.4. The van der Waals surface area contributed by atoms with E-state index in [1.54, 1.807) is 51.1 Å². The number of thiol groups is 2. The highest BCUT2D eigenvalue weighted by Crippen LogP contribution is 2.17. The number of nitrogens with two attached hydrogens (primary N) is 2. The molecule has 0 fully saturated rings. The lowest BCUT2D eigenvalue weighted by Crippen LogP contribution is -2.61. The highest BCUT2D eigenvalue weighted by Gasteiger charge is 2.38. The molecule has 0 aliphatic heterocycles. The van der Waals surface area contributed by atoms with Crippen LogP contribution in [0.15, 0.2) is 78.9 Å². The van der Waals surface area contributed by atoms with E-state index in [9.17, 15) is 97.5 Å². The van der Waals surface area contributed by atoms with E-state index in [2.05, 4.69) is 83.7 Å². The Morgan fingerprint density at radius 1 is 0.423 bits per heavy atom. The van der Waals surface area contributed by atoms with Crippen molar-refractivity contribution in [2.75, 3.05) is 24.6 Å². The van der Waals surface area contributed by atoms with Crippen molar-refractivity contribution in [3.63, 3.8) is 0 Å². The van der Waals surface area contributed by atoms with Crippen molar-refractivity contribution in [3.05, 3.63) is 95.6 Å². The van der Waals surface area contributed by atoms with Crippen LogP contribution in [0.3, 0.4) is 0 Å². The Kier molecular flexibility index (Phi) is 34.4. The van der Waals surface area contributed by atoms with Gasteiger partial charge in [-0.2, -0.15) is 25.3 Å². The lowest BCUT2D eigenvalue weighted by molar-refractivity contribution is -0.142. The quantitative estimate of drug-likeness (QED) is 0.0243. The predicted molar refractivity (Wildman–Crippen MR) is 352 cm³/mol. The molecule has 0 saturated carbocycles. The second kappa shape index (κ2) is 41.0. The average molecular weight is 1400 g/mol. The van der Waals surface area contributed by atoms with E-state index < -0.39 is 206 Å². The van der Waals surface area contributed by atoms with Gasteiger partial charge in [-0.25, -0.2) is 4.79 Å². The molecule has 3 aromatic rings. The third kappa shape index (κ3) is 28.8. The van der Waals surface area contributed by atoms with Gasteiger partial charge in [-0.15, -0.1) is 0 Å². The molecule has 0 aromatic heterocycles. The average Bonchev–Trinajstić information content (AvgIpc) is 0.875. The molecule has 12 atom stereocenters. The third-order valence-electron chi connectivity index (χ3n) is 15.1. The van der Waals surface area contributed by atoms with Gasteiger partial charge in [0.15, 0.2) is 0 Å². The fraction of sp³-hybridized carbons (Fsp3) is 0.468. The van der Waals surface area contributed by atoms with Gasteiger partial charge in [0.2, 0.25) is 70.9 Å². The van der Waals surface area contributed by atoms with Crippen LogP contribution in [0.5, 0.6) is 11.5 Å². The summed E-state index contributed by atoms with van der Waals surface area (Å²) in [5.74, 6) is -19.3. The molecule has 97 heavy (non-hydrogen) atoms. The number of nitrogens with one attached hydrogen (secondary N) is 11. The molecule has 0 radical (unpaired) electrons. The van der Waals surface area contributed by atoms with Gasteiger partial charge in [0.1, 0.15) is 65.9 Å². The minimum Gasteiger partial charge on any atom is -0.508 e. The summed E-state index contributed by atoms with van der Waals surface area (Å²) in [7, 11) is 0.